The van der Waals surface area contributed by atoms with Crippen LogP contribution >= 0.6 is 0 Å². The average Bonchev–Trinajstić information content (AvgIpc) is 2.03. The molecule has 0 spiro atoms. The molecule has 1 nitrogen and oxygen atoms in total. The van der Waals surface area contributed by atoms with Crippen molar-refractivity contribution < 1.29 is 4.57 Å². The zero-order valence-electron chi connectivity index (χ0n) is 7.83. The monoisotopic (exact) mass is 160 g/mol. The summed E-state index contributed by atoms with van der Waals surface area (Å²) in [7, 11) is 0. The van der Waals surface area contributed by atoms with Crippen LogP contribution in [0.3, 0.4) is 0 Å². The van der Waals surface area contributed by atoms with Crippen molar-refractivity contribution in [1.29, 1.82) is 0 Å². The highest BCUT2D eigenvalue weighted by molar-refractivity contribution is 5.18. The van der Waals surface area contributed by atoms with E-state index in [1.165, 1.54) is 0 Å². The van der Waals surface area contributed by atoms with Crippen LogP contribution < -0.4 is 4.57 Å². The number of hydrogen-bond acceptors (Lipinski definition) is 0. The molecular formula is C11H14N+. The lowest BCUT2D eigenvalue weighted by Crippen LogP contribution is -2.52. The van der Waals surface area contributed by atoms with Crippen LogP contribution in [-0.4, -0.2) is 0 Å². The molecule has 0 bridgehead atoms. The molecule has 1 aromatic rings. The second-order valence-corrected chi connectivity index (χ2v) is 3.77. The zero-order chi connectivity index (χ0) is 9.19. The Balaban J connectivity index is 3.26. The average molecular weight is 160 g/mol. The first-order valence-corrected chi connectivity index (χ1v) is 4.03. The van der Waals surface area contributed by atoms with Crippen molar-refractivity contribution in [2.45, 2.75) is 26.3 Å². The second-order valence-electron chi connectivity index (χ2n) is 3.77. The maximum atomic E-state index is 5.38. The van der Waals surface area contributed by atoms with E-state index in [9.17, 15) is 0 Å². The van der Waals surface area contributed by atoms with Gasteiger partial charge in [-0.2, -0.15) is 4.57 Å². The Bertz CT molecular complexity index is 313. The summed E-state index contributed by atoms with van der Waals surface area (Å²) in [4.78, 5) is 0. The molecule has 0 aliphatic carbocycles. The fourth-order valence-corrected chi connectivity index (χ4v) is 1.15. The first-order chi connectivity index (χ1) is 5.55. The Hall–Kier alpha value is -1.29. The van der Waals surface area contributed by atoms with Gasteiger partial charge < -0.3 is 0 Å². The van der Waals surface area contributed by atoms with Gasteiger partial charge in [0, 0.05) is 32.9 Å². The molecule has 0 unspecified atom stereocenters. The lowest BCUT2D eigenvalue weighted by Gasteiger charge is -2.13. The lowest BCUT2D eigenvalue weighted by molar-refractivity contribution is -0.756. The van der Waals surface area contributed by atoms with Crippen LogP contribution in [0, 0.1) is 12.3 Å². The van der Waals surface area contributed by atoms with Crippen LogP contribution in [0.15, 0.2) is 24.4 Å². The highest BCUT2D eigenvalue weighted by atomic mass is 15.0. The van der Waals surface area contributed by atoms with E-state index in [2.05, 4.69) is 31.3 Å². The molecule has 0 saturated carbocycles. The molecule has 12 heavy (non-hydrogen) atoms. The van der Waals surface area contributed by atoms with E-state index in [1.807, 2.05) is 24.4 Å². The Morgan fingerprint density at radius 3 is 2.42 bits per heavy atom. The minimum absolute atomic E-state index is 0.0585. The fraction of sp³-hybridized carbons (Fsp3) is 0.364. The summed E-state index contributed by atoms with van der Waals surface area (Å²) in [5, 5.41) is 0. The number of pyridine rings is 1. The summed E-state index contributed by atoms with van der Waals surface area (Å²) in [5.41, 5.74) is 0.980. The van der Waals surface area contributed by atoms with Gasteiger partial charge in [0.2, 0.25) is 0 Å². The molecule has 62 valence electrons. The van der Waals surface area contributed by atoms with E-state index in [1.54, 1.807) is 0 Å². The van der Waals surface area contributed by atoms with E-state index in [-0.39, 0.29) is 5.54 Å². The molecule has 1 heterocycles. The quantitative estimate of drug-likeness (QED) is 0.402. The Labute approximate surface area is 74.0 Å². The van der Waals surface area contributed by atoms with Gasteiger partial charge in [0.25, 0.3) is 5.69 Å². The van der Waals surface area contributed by atoms with Gasteiger partial charge in [-0.05, 0) is 12.0 Å². The van der Waals surface area contributed by atoms with Crippen LogP contribution in [-0.2, 0) is 5.54 Å². The van der Waals surface area contributed by atoms with Crippen molar-refractivity contribution in [3.63, 3.8) is 0 Å². The van der Waals surface area contributed by atoms with Crippen LogP contribution in [0.2, 0.25) is 0 Å². The Morgan fingerprint density at radius 2 is 2.00 bits per heavy atom. The highest BCUT2D eigenvalue weighted by Gasteiger charge is 2.23. The van der Waals surface area contributed by atoms with Crippen molar-refractivity contribution in [3.05, 3.63) is 30.1 Å². The molecule has 0 amide bonds. The van der Waals surface area contributed by atoms with Crippen molar-refractivity contribution in [3.8, 4) is 12.3 Å². The summed E-state index contributed by atoms with van der Waals surface area (Å²) < 4.78 is 2.09. The summed E-state index contributed by atoms with van der Waals surface area (Å²) >= 11 is 0. The first kappa shape index (κ1) is 8.80. The van der Waals surface area contributed by atoms with Crippen molar-refractivity contribution in [2.75, 3.05) is 0 Å². The van der Waals surface area contributed by atoms with Gasteiger partial charge in [0.1, 0.15) is 0 Å². The summed E-state index contributed by atoms with van der Waals surface area (Å²) in [6.07, 6.45) is 7.39. The molecule has 0 fully saturated rings. The molecule has 0 aromatic carbocycles. The third kappa shape index (κ3) is 1.65. The summed E-state index contributed by atoms with van der Waals surface area (Å²) in [6, 6.07) is 5.90. The Kier molecular flexibility index (Phi) is 2.19. The molecule has 1 rings (SSSR count). The standard InChI is InChI=1S/C11H14N/c1-5-10-8-6-7-9-12(10)11(2,3)4/h1,6-9H,2-4H3/q+1. The normalized spacial score (nSPS) is 10.8. The Morgan fingerprint density at radius 1 is 1.33 bits per heavy atom. The smallest absolute Gasteiger partial charge is 0.187 e. The lowest BCUT2D eigenvalue weighted by atomic mass is 10.1. The molecule has 0 radical (unpaired) electrons. The summed E-state index contributed by atoms with van der Waals surface area (Å²) in [5.74, 6) is 2.67. The van der Waals surface area contributed by atoms with Gasteiger partial charge in [0.15, 0.2) is 11.7 Å². The van der Waals surface area contributed by atoms with Crippen molar-refractivity contribution >= 4 is 0 Å². The number of hydrogen-bond donors (Lipinski definition) is 0. The molecule has 1 heteroatoms. The largest absolute Gasteiger partial charge is 0.256 e. The van der Waals surface area contributed by atoms with E-state index in [0.717, 1.165) is 5.69 Å². The van der Waals surface area contributed by atoms with E-state index in [4.69, 9.17) is 6.42 Å². The minimum Gasteiger partial charge on any atom is -0.187 e. The van der Waals surface area contributed by atoms with Crippen LogP contribution in [0.5, 0.6) is 0 Å². The minimum atomic E-state index is 0.0585. The van der Waals surface area contributed by atoms with E-state index < -0.39 is 0 Å². The van der Waals surface area contributed by atoms with Gasteiger partial charge in [0.05, 0.1) is 0 Å². The molecule has 0 atom stereocenters. The fourth-order valence-electron chi connectivity index (χ4n) is 1.15. The van der Waals surface area contributed by atoms with Gasteiger partial charge in [-0.3, -0.25) is 0 Å². The summed E-state index contributed by atoms with van der Waals surface area (Å²) in [6.45, 7) is 6.40. The third-order valence-electron chi connectivity index (χ3n) is 1.73. The van der Waals surface area contributed by atoms with Crippen molar-refractivity contribution in [2.24, 2.45) is 0 Å². The second kappa shape index (κ2) is 2.98. The third-order valence-corrected chi connectivity index (χ3v) is 1.73. The van der Waals surface area contributed by atoms with Gasteiger partial charge in [-0.25, -0.2) is 0 Å². The van der Waals surface area contributed by atoms with Crippen LogP contribution in [0.1, 0.15) is 26.5 Å². The number of aromatic nitrogens is 1. The predicted octanol–water partition coefficient (Wildman–Crippen LogP) is 1.71. The molecule has 0 N–H and O–H groups in total. The van der Waals surface area contributed by atoms with Gasteiger partial charge in [-0.15, -0.1) is 6.42 Å². The van der Waals surface area contributed by atoms with Crippen LogP contribution in [0.25, 0.3) is 0 Å². The predicted molar refractivity (Wildman–Crippen MR) is 49.6 cm³/mol. The topological polar surface area (TPSA) is 3.88 Å². The van der Waals surface area contributed by atoms with E-state index >= 15 is 0 Å². The number of rotatable bonds is 0. The number of terminal acetylenes is 1. The highest BCUT2D eigenvalue weighted by Crippen LogP contribution is 2.04. The maximum Gasteiger partial charge on any atom is 0.256 e. The van der Waals surface area contributed by atoms with Gasteiger partial charge >= 0.3 is 0 Å². The van der Waals surface area contributed by atoms with Crippen molar-refractivity contribution in [1.82, 2.24) is 0 Å². The molecular weight excluding hydrogens is 146 g/mol. The first-order valence-electron chi connectivity index (χ1n) is 4.03. The molecule has 0 aliphatic heterocycles. The van der Waals surface area contributed by atoms with Gasteiger partial charge in [-0.1, -0.05) is 0 Å². The van der Waals surface area contributed by atoms with Crippen LogP contribution in [0.4, 0.5) is 0 Å². The number of nitrogens with zero attached hydrogens (tertiary/aromatic N) is 1. The molecule has 0 saturated heterocycles. The zero-order valence-corrected chi connectivity index (χ0v) is 7.83. The molecule has 1 aromatic heterocycles. The van der Waals surface area contributed by atoms with E-state index in [0.29, 0.717) is 0 Å². The molecule has 0 aliphatic rings. The SMILES string of the molecule is C#Cc1cccc[n+]1C(C)(C)C. The maximum absolute atomic E-state index is 5.38.